The van der Waals surface area contributed by atoms with Crippen molar-refractivity contribution in [3.8, 4) is 0 Å². The molecule has 1 aliphatic rings. The number of carbonyl (C=O) groups is 3. The zero-order chi connectivity index (χ0) is 23.9. The predicted molar refractivity (Wildman–Crippen MR) is 128 cm³/mol. The number of carbonyl (C=O) groups excluding carboxylic acids is 3. The van der Waals surface area contributed by atoms with Gasteiger partial charge in [0.05, 0.1) is 6.54 Å². The number of pyridine rings is 1. The van der Waals surface area contributed by atoms with Crippen LogP contribution in [0.2, 0.25) is 0 Å². The van der Waals surface area contributed by atoms with E-state index in [1.165, 1.54) is 12.0 Å². The molecule has 1 unspecified atom stereocenters. The summed E-state index contributed by atoms with van der Waals surface area (Å²) in [4.78, 5) is 47.7. The number of nitrogens with one attached hydrogen (secondary N) is 1. The van der Waals surface area contributed by atoms with E-state index in [9.17, 15) is 14.4 Å². The maximum atomic E-state index is 13.3. The SMILES string of the molecule is CC(=O)NCC(C(=O)ON1CCC[C@@H](CCc2ccncc2)C1=O)c1cccc2ccccc12. The number of hydroxylamine groups is 2. The zero-order valence-corrected chi connectivity index (χ0v) is 19.3. The molecule has 2 aromatic carbocycles. The minimum atomic E-state index is -0.736. The minimum Gasteiger partial charge on any atom is -0.355 e. The van der Waals surface area contributed by atoms with Crippen molar-refractivity contribution in [1.82, 2.24) is 15.4 Å². The van der Waals surface area contributed by atoms with Gasteiger partial charge in [-0.3, -0.25) is 14.6 Å². The number of hydrogen-bond acceptors (Lipinski definition) is 5. The fraction of sp³-hybridized carbons (Fsp3) is 0.333. The molecular formula is C27H29N3O4. The molecule has 2 heterocycles. The number of fused-ring (bicyclic) bond motifs is 1. The second kappa shape index (κ2) is 10.9. The largest absolute Gasteiger partial charge is 0.355 e. The van der Waals surface area contributed by atoms with E-state index in [0.29, 0.717) is 13.0 Å². The Labute approximate surface area is 199 Å². The summed E-state index contributed by atoms with van der Waals surface area (Å²) >= 11 is 0. The Balaban J connectivity index is 1.49. The van der Waals surface area contributed by atoms with Crippen molar-refractivity contribution in [2.24, 2.45) is 5.92 Å². The van der Waals surface area contributed by atoms with Crippen LogP contribution >= 0.6 is 0 Å². The molecule has 1 fully saturated rings. The lowest BCUT2D eigenvalue weighted by Gasteiger charge is -2.31. The lowest BCUT2D eigenvalue weighted by molar-refractivity contribution is -0.206. The van der Waals surface area contributed by atoms with E-state index < -0.39 is 11.9 Å². The molecule has 1 N–H and O–H groups in total. The van der Waals surface area contributed by atoms with Crippen LogP contribution in [0.3, 0.4) is 0 Å². The maximum Gasteiger partial charge on any atom is 0.341 e. The van der Waals surface area contributed by atoms with Gasteiger partial charge in [-0.25, -0.2) is 4.79 Å². The highest BCUT2D eigenvalue weighted by Crippen LogP contribution is 2.28. The highest BCUT2D eigenvalue weighted by Gasteiger charge is 2.34. The van der Waals surface area contributed by atoms with E-state index in [0.717, 1.165) is 41.2 Å². The first kappa shape index (κ1) is 23.4. The van der Waals surface area contributed by atoms with Crippen LogP contribution in [-0.4, -0.2) is 40.9 Å². The van der Waals surface area contributed by atoms with Crippen molar-refractivity contribution in [1.29, 1.82) is 0 Å². The minimum absolute atomic E-state index is 0.0929. The van der Waals surface area contributed by atoms with E-state index >= 15 is 0 Å². The lowest BCUT2D eigenvalue weighted by atomic mass is 9.92. The van der Waals surface area contributed by atoms with Gasteiger partial charge in [-0.05, 0) is 59.7 Å². The van der Waals surface area contributed by atoms with E-state index in [2.05, 4.69) is 10.3 Å². The summed E-state index contributed by atoms with van der Waals surface area (Å²) in [5, 5.41) is 5.86. The van der Waals surface area contributed by atoms with Gasteiger partial charge in [0.2, 0.25) is 5.91 Å². The molecule has 7 heteroatoms. The van der Waals surface area contributed by atoms with Crippen LogP contribution in [0.15, 0.2) is 67.0 Å². The third-order valence-corrected chi connectivity index (χ3v) is 6.28. The van der Waals surface area contributed by atoms with Crippen molar-refractivity contribution in [3.05, 3.63) is 78.1 Å². The van der Waals surface area contributed by atoms with Crippen molar-refractivity contribution in [3.63, 3.8) is 0 Å². The molecule has 0 saturated carbocycles. The quantitative estimate of drug-likeness (QED) is 0.554. The van der Waals surface area contributed by atoms with Crippen LogP contribution in [0.25, 0.3) is 10.8 Å². The fourth-order valence-electron chi connectivity index (χ4n) is 4.46. The molecule has 1 aliphatic heterocycles. The van der Waals surface area contributed by atoms with Gasteiger partial charge < -0.3 is 10.2 Å². The Morgan fingerprint density at radius 1 is 1.12 bits per heavy atom. The monoisotopic (exact) mass is 459 g/mol. The van der Waals surface area contributed by atoms with Gasteiger partial charge in [0, 0.05) is 31.8 Å². The molecule has 0 aliphatic carbocycles. The second-order valence-electron chi connectivity index (χ2n) is 8.64. The van der Waals surface area contributed by atoms with Gasteiger partial charge in [0.1, 0.15) is 5.92 Å². The molecule has 7 nitrogen and oxygen atoms in total. The number of piperidine rings is 1. The van der Waals surface area contributed by atoms with Crippen LogP contribution in [0, 0.1) is 5.92 Å². The average molecular weight is 460 g/mol. The van der Waals surface area contributed by atoms with Gasteiger partial charge in [-0.15, -0.1) is 0 Å². The Bertz CT molecular complexity index is 1160. The number of aryl methyl sites for hydroxylation is 1. The molecule has 0 bridgehead atoms. The van der Waals surface area contributed by atoms with Crippen LogP contribution < -0.4 is 5.32 Å². The smallest absolute Gasteiger partial charge is 0.341 e. The molecular weight excluding hydrogens is 430 g/mol. The molecule has 34 heavy (non-hydrogen) atoms. The lowest BCUT2D eigenvalue weighted by Crippen LogP contribution is -2.44. The van der Waals surface area contributed by atoms with Crippen LogP contribution in [0.4, 0.5) is 0 Å². The van der Waals surface area contributed by atoms with Crippen molar-refractivity contribution < 1.29 is 19.2 Å². The van der Waals surface area contributed by atoms with E-state index in [-0.39, 0.29) is 24.3 Å². The molecule has 1 saturated heterocycles. The summed E-state index contributed by atoms with van der Waals surface area (Å²) in [5.41, 5.74) is 1.89. The molecule has 2 amide bonds. The first-order chi connectivity index (χ1) is 16.5. The molecule has 1 aromatic heterocycles. The third kappa shape index (κ3) is 5.60. The Morgan fingerprint density at radius 2 is 1.88 bits per heavy atom. The highest BCUT2D eigenvalue weighted by atomic mass is 16.7. The number of benzene rings is 2. The topological polar surface area (TPSA) is 88.6 Å². The Morgan fingerprint density at radius 3 is 2.68 bits per heavy atom. The first-order valence-corrected chi connectivity index (χ1v) is 11.7. The summed E-state index contributed by atoms with van der Waals surface area (Å²) in [6, 6.07) is 17.4. The normalized spacial score (nSPS) is 16.8. The molecule has 176 valence electrons. The first-order valence-electron chi connectivity index (χ1n) is 11.7. The van der Waals surface area contributed by atoms with E-state index in [1.807, 2.05) is 54.6 Å². The van der Waals surface area contributed by atoms with Crippen molar-refractivity contribution >= 4 is 28.6 Å². The standard InChI is InChI=1S/C27H29N3O4/c1-19(31)29-18-25(24-10-4-7-21-6-2-3-9-23(21)24)27(33)34-30-17-5-8-22(26(30)32)12-11-20-13-15-28-16-14-20/h2-4,6-7,9-10,13-16,22,25H,5,8,11-12,17-18H2,1H3,(H,29,31)/t22-,25?/m0/s1. The zero-order valence-electron chi connectivity index (χ0n) is 19.3. The number of nitrogens with zero attached hydrogens (tertiary/aromatic N) is 2. The Hall–Kier alpha value is -3.74. The van der Waals surface area contributed by atoms with Crippen LogP contribution in [0.5, 0.6) is 0 Å². The third-order valence-electron chi connectivity index (χ3n) is 6.28. The van der Waals surface area contributed by atoms with E-state index in [1.54, 1.807) is 12.4 Å². The van der Waals surface area contributed by atoms with E-state index in [4.69, 9.17) is 4.84 Å². The summed E-state index contributed by atoms with van der Waals surface area (Å²) in [6.45, 7) is 1.88. The number of aromatic nitrogens is 1. The summed E-state index contributed by atoms with van der Waals surface area (Å²) in [5.74, 6) is -1.87. The summed E-state index contributed by atoms with van der Waals surface area (Å²) in [6.07, 6.45) is 6.49. The molecule has 0 spiro atoms. The highest BCUT2D eigenvalue weighted by molar-refractivity contribution is 5.92. The van der Waals surface area contributed by atoms with Gasteiger partial charge in [0.15, 0.2) is 0 Å². The van der Waals surface area contributed by atoms with Crippen molar-refractivity contribution in [2.45, 2.75) is 38.5 Å². The number of rotatable bonds is 8. The van der Waals surface area contributed by atoms with Gasteiger partial charge in [-0.2, -0.15) is 5.06 Å². The Kier molecular flexibility index (Phi) is 7.52. The van der Waals surface area contributed by atoms with Crippen LogP contribution in [-0.2, 0) is 25.6 Å². The molecule has 3 aromatic rings. The van der Waals surface area contributed by atoms with Crippen molar-refractivity contribution in [2.75, 3.05) is 13.1 Å². The number of hydrogen-bond donors (Lipinski definition) is 1. The maximum absolute atomic E-state index is 13.3. The van der Waals surface area contributed by atoms with Gasteiger partial charge in [0.25, 0.3) is 5.91 Å². The summed E-state index contributed by atoms with van der Waals surface area (Å²) in [7, 11) is 0. The van der Waals surface area contributed by atoms with Gasteiger partial charge >= 0.3 is 5.97 Å². The van der Waals surface area contributed by atoms with Gasteiger partial charge in [-0.1, -0.05) is 42.5 Å². The molecule has 0 radical (unpaired) electrons. The summed E-state index contributed by atoms with van der Waals surface area (Å²) < 4.78 is 0. The predicted octanol–water partition coefficient (Wildman–Crippen LogP) is 3.78. The van der Waals surface area contributed by atoms with Crippen LogP contribution in [0.1, 0.15) is 43.2 Å². The number of amides is 2. The average Bonchev–Trinajstić information content (AvgIpc) is 2.85. The molecule has 2 atom stereocenters. The second-order valence-corrected chi connectivity index (χ2v) is 8.64. The fourth-order valence-corrected chi connectivity index (χ4v) is 4.46. The molecule has 4 rings (SSSR count).